The number of anilines is 4. The topological polar surface area (TPSA) is 104 Å². The van der Waals surface area contributed by atoms with E-state index in [1.54, 1.807) is 12.3 Å². The molecule has 9 heteroatoms. The van der Waals surface area contributed by atoms with Crippen molar-refractivity contribution in [3.8, 4) is 0 Å². The lowest BCUT2D eigenvalue weighted by Crippen LogP contribution is -2.36. The van der Waals surface area contributed by atoms with Gasteiger partial charge in [0.25, 0.3) is 5.91 Å². The Morgan fingerprint density at radius 1 is 1.08 bits per heavy atom. The number of amides is 1. The monoisotopic (exact) mass is 487 g/mol. The Labute approximate surface area is 209 Å². The molecule has 6 rings (SSSR count). The SMILES string of the molecule is CCNC(=O)c1cnc(Nc2ccc3c(c2)CCNC32CC2)nc1Nc1ccnc(C2(CF)CC2)c1. The van der Waals surface area contributed by atoms with E-state index >= 15 is 0 Å². The van der Waals surface area contributed by atoms with Crippen LogP contribution in [-0.4, -0.2) is 40.6 Å². The van der Waals surface area contributed by atoms with E-state index in [-0.39, 0.29) is 11.4 Å². The van der Waals surface area contributed by atoms with E-state index in [0.29, 0.717) is 29.6 Å². The largest absolute Gasteiger partial charge is 0.352 e. The maximum absolute atomic E-state index is 13.6. The van der Waals surface area contributed by atoms with Gasteiger partial charge in [-0.2, -0.15) is 4.98 Å². The summed E-state index contributed by atoms with van der Waals surface area (Å²) in [6.45, 7) is 2.91. The van der Waals surface area contributed by atoms with Crippen molar-refractivity contribution in [2.45, 2.75) is 50.0 Å². The van der Waals surface area contributed by atoms with Crippen LogP contribution in [0.3, 0.4) is 0 Å². The highest BCUT2D eigenvalue weighted by molar-refractivity contribution is 5.99. The molecule has 0 bridgehead atoms. The van der Waals surface area contributed by atoms with Gasteiger partial charge >= 0.3 is 0 Å². The number of rotatable bonds is 8. The van der Waals surface area contributed by atoms with Gasteiger partial charge in [0, 0.05) is 47.8 Å². The number of benzene rings is 1. The second-order valence-corrected chi connectivity index (χ2v) is 10.0. The van der Waals surface area contributed by atoms with Gasteiger partial charge in [-0.1, -0.05) is 6.07 Å². The summed E-state index contributed by atoms with van der Waals surface area (Å²) in [7, 11) is 0. The standard InChI is InChI=1S/C27H30FN7O/c1-2-29-24(36)20-15-31-25(34-18-3-4-21-17(13-18)5-12-32-27(21)9-10-27)35-23(20)33-19-6-11-30-22(14-19)26(16-28)7-8-26/h3-4,6,11,13-15,32H,2,5,7-10,12,16H2,1H3,(H,29,36)(H2,30,31,33,34,35). The molecule has 4 N–H and O–H groups in total. The summed E-state index contributed by atoms with van der Waals surface area (Å²) in [4.78, 5) is 26.2. The quantitative estimate of drug-likeness (QED) is 0.377. The first kappa shape index (κ1) is 22.8. The Morgan fingerprint density at radius 3 is 2.67 bits per heavy atom. The Hall–Kier alpha value is -3.59. The summed E-state index contributed by atoms with van der Waals surface area (Å²) in [6.07, 6.45) is 8.14. The van der Waals surface area contributed by atoms with E-state index in [9.17, 15) is 9.18 Å². The lowest BCUT2D eigenvalue weighted by atomic mass is 9.92. The number of pyridine rings is 1. The van der Waals surface area contributed by atoms with Crippen LogP contribution in [0, 0.1) is 0 Å². The van der Waals surface area contributed by atoms with Crippen molar-refractivity contribution in [3.05, 3.63) is 65.1 Å². The van der Waals surface area contributed by atoms with Crippen molar-refractivity contribution in [2.24, 2.45) is 0 Å². The molecule has 2 aromatic heterocycles. The van der Waals surface area contributed by atoms with E-state index in [0.717, 1.165) is 37.2 Å². The fourth-order valence-corrected chi connectivity index (χ4v) is 5.08. The second kappa shape index (κ2) is 8.81. The minimum Gasteiger partial charge on any atom is -0.352 e. The van der Waals surface area contributed by atoms with Crippen molar-refractivity contribution in [3.63, 3.8) is 0 Å². The van der Waals surface area contributed by atoms with E-state index in [1.165, 1.54) is 30.2 Å². The molecule has 3 aliphatic rings. The lowest BCUT2D eigenvalue weighted by Gasteiger charge is -2.27. The molecule has 2 saturated carbocycles. The summed E-state index contributed by atoms with van der Waals surface area (Å²) in [5, 5.41) is 13.0. The number of hydrogen-bond donors (Lipinski definition) is 4. The van der Waals surface area contributed by atoms with Crippen molar-refractivity contribution in [2.75, 3.05) is 30.4 Å². The molecule has 0 saturated heterocycles. The fraction of sp³-hybridized carbons (Fsp3) is 0.407. The molecule has 0 radical (unpaired) electrons. The minimum atomic E-state index is -0.473. The summed E-state index contributed by atoms with van der Waals surface area (Å²) in [5.74, 6) is 0.497. The molecule has 3 aromatic rings. The minimum absolute atomic E-state index is 0.179. The molecule has 2 aliphatic carbocycles. The predicted molar refractivity (Wildman–Crippen MR) is 137 cm³/mol. The van der Waals surface area contributed by atoms with E-state index in [4.69, 9.17) is 0 Å². The Bertz CT molecular complexity index is 1320. The number of carbonyl (C=O) groups is 1. The summed E-state index contributed by atoms with van der Waals surface area (Å²) in [6, 6.07) is 10.1. The zero-order valence-corrected chi connectivity index (χ0v) is 20.3. The molecular formula is C27H30FN7O. The molecule has 0 unspecified atom stereocenters. The van der Waals surface area contributed by atoms with Crippen LogP contribution in [-0.2, 0) is 17.4 Å². The molecule has 0 atom stereocenters. The lowest BCUT2D eigenvalue weighted by molar-refractivity contribution is 0.0956. The van der Waals surface area contributed by atoms with Crippen LogP contribution in [0.25, 0.3) is 0 Å². The Balaban J connectivity index is 1.29. The zero-order valence-electron chi connectivity index (χ0n) is 20.3. The average Bonchev–Trinajstić information content (AvgIpc) is 3.82. The maximum atomic E-state index is 13.6. The van der Waals surface area contributed by atoms with Crippen LogP contribution in [0.4, 0.5) is 27.5 Å². The zero-order chi connectivity index (χ0) is 24.8. The van der Waals surface area contributed by atoms with Crippen LogP contribution in [0.5, 0.6) is 0 Å². The Kier molecular flexibility index (Phi) is 5.59. The normalized spacial score (nSPS) is 18.3. The molecule has 186 valence electrons. The molecule has 1 aliphatic heterocycles. The number of nitrogens with one attached hydrogen (secondary N) is 4. The van der Waals surface area contributed by atoms with Gasteiger partial charge < -0.3 is 21.3 Å². The van der Waals surface area contributed by atoms with Gasteiger partial charge in [-0.15, -0.1) is 0 Å². The van der Waals surface area contributed by atoms with Gasteiger partial charge in [-0.3, -0.25) is 14.2 Å². The first-order valence-electron chi connectivity index (χ1n) is 12.6. The molecule has 1 aromatic carbocycles. The maximum Gasteiger partial charge on any atom is 0.256 e. The van der Waals surface area contributed by atoms with Crippen LogP contribution < -0.4 is 21.3 Å². The highest BCUT2D eigenvalue weighted by Gasteiger charge is 2.47. The van der Waals surface area contributed by atoms with Crippen molar-refractivity contribution >= 4 is 29.0 Å². The van der Waals surface area contributed by atoms with Gasteiger partial charge in [0.05, 0.1) is 5.69 Å². The first-order valence-corrected chi connectivity index (χ1v) is 12.6. The molecule has 36 heavy (non-hydrogen) atoms. The fourth-order valence-electron chi connectivity index (χ4n) is 5.08. The number of aromatic nitrogens is 3. The van der Waals surface area contributed by atoms with E-state index in [2.05, 4.69) is 54.4 Å². The van der Waals surface area contributed by atoms with Crippen molar-refractivity contribution in [1.82, 2.24) is 25.6 Å². The number of hydrogen-bond acceptors (Lipinski definition) is 7. The van der Waals surface area contributed by atoms with Crippen LogP contribution in [0.1, 0.15) is 59.8 Å². The number of alkyl halides is 1. The molecule has 1 spiro atoms. The van der Waals surface area contributed by atoms with E-state index in [1.807, 2.05) is 13.0 Å². The van der Waals surface area contributed by atoms with E-state index < -0.39 is 12.1 Å². The first-order chi connectivity index (χ1) is 17.5. The molecule has 3 heterocycles. The average molecular weight is 488 g/mol. The highest BCUT2D eigenvalue weighted by Crippen LogP contribution is 2.49. The molecule has 2 fully saturated rings. The summed E-state index contributed by atoms with van der Waals surface area (Å²) < 4.78 is 13.6. The van der Waals surface area contributed by atoms with Gasteiger partial charge in [0.2, 0.25) is 5.95 Å². The molecule has 1 amide bonds. The smallest absolute Gasteiger partial charge is 0.256 e. The number of fused-ring (bicyclic) bond motifs is 2. The summed E-state index contributed by atoms with van der Waals surface area (Å²) >= 11 is 0. The predicted octanol–water partition coefficient (Wildman–Crippen LogP) is 4.24. The molecule has 8 nitrogen and oxygen atoms in total. The van der Waals surface area contributed by atoms with Gasteiger partial charge in [-0.05, 0) is 74.4 Å². The number of halogens is 1. The van der Waals surface area contributed by atoms with Crippen molar-refractivity contribution < 1.29 is 9.18 Å². The van der Waals surface area contributed by atoms with Crippen LogP contribution in [0.15, 0.2) is 42.7 Å². The van der Waals surface area contributed by atoms with Gasteiger partial charge in [-0.25, -0.2) is 4.98 Å². The third-order valence-corrected chi connectivity index (χ3v) is 7.53. The Morgan fingerprint density at radius 2 is 1.92 bits per heavy atom. The molecular weight excluding hydrogens is 457 g/mol. The highest BCUT2D eigenvalue weighted by atomic mass is 19.1. The van der Waals surface area contributed by atoms with Crippen molar-refractivity contribution in [1.29, 1.82) is 0 Å². The number of carbonyl (C=O) groups excluding carboxylic acids is 1. The van der Waals surface area contributed by atoms with Gasteiger partial charge in [0.1, 0.15) is 18.1 Å². The third-order valence-electron chi connectivity index (χ3n) is 7.53. The van der Waals surface area contributed by atoms with Crippen LogP contribution >= 0.6 is 0 Å². The third kappa shape index (κ3) is 4.17. The summed E-state index contributed by atoms with van der Waals surface area (Å²) in [5.41, 5.74) is 5.11. The van der Waals surface area contributed by atoms with Crippen LogP contribution in [0.2, 0.25) is 0 Å². The van der Waals surface area contributed by atoms with Gasteiger partial charge in [0.15, 0.2) is 0 Å². The second-order valence-electron chi connectivity index (χ2n) is 10.0. The number of nitrogens with zero attached hydrogens (tertiary/aromatic N) is 3.